The first-order chi connectivity index (χ1) is 9.70. The van der Waals surface area contributed by atoms with E-state index in [1.54, 1.807) is 18.4 Å². The van der Waals surface area contributed by atoms with Crippen LogP contribution in [0, 0.1) is 5.92 Å². The van der Waals surface area contributed by atoms with Gasteiger partial charge in [-0.3, -0.25) is 9.59 Å². The molecule has 1 aliphatic rings. The van der Waals surface area contributed by atoms with Crippen LogP contribution in [0.1, 0.15) is 17.7 Å². The van der Waals surface area contributed by atoms with Crippen molar-refractivity contribution in [1.82, 2.24) is 10.2 Å². The predicted molar refractivity (Wildman–Crippen MR) is 77.3 cm³/mol. The highest BCUT2D eigenvalue weighted by Crippen LogP contribution is 2.18. The summed E-state index contributed by atoms with van der Waals surface area (Å²) in [5.74, 6) is 0.0377. The van der Waals surface area contributed by atoms with Crippen LogP contribution in [0.5, 0.6) is 0 Å². The van der Waals surface area contributed by atoms with Gasteiger partial charge >= 0.3 is 0 Å². The van der Waals surface area contributed by atoms with Gasteiger partial charge in [0, 0.05) is 31.5 Å². The van der Waals surface area contributed by atoms with Gasteiger partial charge in [-0.25, -0.2) is 0 Å². The van der Waals surface area contributed by atoms with E-state index < -0.39 is 0 Å². The van der Waals surface area contributed by atoms with Crippen LogP contribution in [-0.2, 0) is 20.9 Å². The monoisotopic (exact) mass is 296 g/mol. The van der Waals surface area contributed by atoms with Gasteiger partial charge in [0.1, 0.15) is 0 Å². The summed E-state index contributed by atoms with van der Waals surface area (Å²) in [7, 11) is 1.63. The Morgan fingerprint density at radius 1 is 1.60 bits per heavy atom. The molecule has 2 amide bonds. The highest BCUT2D eigenvalue weighted by molar-refractivity contribution is 7.09. The molecule has 110 valence electrons. The average Bonchev–Trinajstić information content (AvgIpc) is 2.96. The summed E-state index contributed by atoms with van der Waals surface area (Å²) in [5, 5.41) is 4.78. The maximum atomic E-state index is 12.6. The second kappa shape index (κ2) is 7.40. The van der Waals surface area contributed by atoms with Crippen LogP contribution in [0.3, 0.4) is 0 Å². The van der Waals surface area contributed by atoms with Crippen LogP contribution in [-0.4, -0.2) is 43.5 Å². The molecule has 2 rings (SSSR count). The van der Waals surface area contributed by atoms with Gasteiger partial charge in [-0.1, -0.05) is 6.07 Å². The molecular formula is C14H20N2O3S. The van der Waals surface area contributed by atoms with Gasteiger partial charge in [0.25, 0.3) is 0 Å². The van der Waals surface area contributed by atoms with Gasteiger partial charge in [-0.15, -0.1) is 11.3 Å². The molecule has 0 spiro atoms. The smallest absolute Gasteiger partial charge is 0.227 e. The lowest BCUT2D eigenvalue weighted by atomic mass is 9.97. The van der Waals surface area contributed by atoms with Crippen LogP contribution in [0.4, 0.5) is 0 Å². The van der Waals surface area contributed by atoms with Crippen molar-refractivity contribution in [2.24, 2.45) is 5.92 Å². The summed E-state index contributed by atoms with van der Waals surface area (Å²) >= 11 is 1.64. The molecule has 1 fully saturated rings. The zero-order valence-electron chi connectivity index (χ0n) is 11.6. The SMILES string of the molecule is COCCN(Cc1cccs1)C(=O)[C@@H]1CCC(=O)NC1. The van der Waals surface area contributed by atoms with E-state index in [1.807, 2.05) is 22.4 Å². The summed E-state index contributed by atoms with van der Waals surface area (Å²) in [5.41, 5.74) is 0. The van der Waals surface area contributed by atoms with E-state index >= 15 is 0 Å². The third-order valence-corrected chi connectivity index (χ3v) is 4.28. The maximum absolute atomic E-state index is 12.6. The number of methoxy groups -OCH3 is 1. The summed E-state index contributed by atoms with van der Waals surface area (Å²) in [6.07, 6.45) is 1.08. The number of nitrogens with zero attached hydrogens (tertiary/aromatic N) is 1. The molecule has 2 heterocycles. The van der Waals surface area contributed by atoms with Gasteiger partial charge in [0.15, 0.2) is 0 Å². The molecule has 0 unspecified atom stereocenters. The van der Waals surface area contributed by atoms with Gasteiger partial charge < -0.3 is 15.0 Å². The summed E-state index contributed by atoms with van der Waals surface area (Å²) in [6.45, 7) is 2.17. The van der Waals surface area contributed by atoms with Crippen molar-refractivity contribution in [1.29, 1.82) is 0 Å². The Bertz CT molecular complexity index is 437. The Hall–Kier alpha value is -1.40. The lowest BCUT2D eigenvalue weighted by Crippen LogP contribution is -2.45. The average molecular weight is 296 g/mol. The van der Waals surface area contributed by atoms with Gasteiger partial charge in [0.05, 0.1) is 19.1 Å². The predicted octanol–water partition coefficient (Wildman–Crippen LogP) is 1.25. The first-order valence-electron chi connectivity index (χ1n) is 6.77. The summed E-state index contributed by atoms with van der Waals surface area (Å²) in [6, 6.07) is 4.01. The van der Waals surface area contributed by atoms with Crippen molar-refractivity contribution in [2.75, 3.05) is 26.8 Å². The Morgan fingerprint density at radius 3 is 3.05 bits per heavy atom. The number of piperidine rings is 1. The highest BCUT2D eigenvalue weighted by Gasteiger charge is 2.28. The van der Waals surface area contributed by atoms with Crippen molar-refractivity contribution in [3.8, 4) is 0 Å². The number of carbonyl (C=O) groups is 2. The largest absolute Gasteiger partial charge is 0.383 e. The second-order valence-corrected chi connectivity index (χ2v) is 5.90. The number of carbonyl (C=O) groups excluding carboxylic acids is 2. The number of hydrogen-bond donors (Lipinski definition) is 1. The third-order valence-electron chi connectivity index (χ3n) is 3.42. The molecule has 0 aliphatic carbocycles. The van der Waals surface area contributed by atoms with Crippen molar-refractivity contribution in [3.05, 3.63) is 22.4 Å². The van der Waals surface area contributed by atoms with E-state index in [2.05, 4.69) is 5.32 Å². The van der Waals surface area contributed by atoms with Gasteiger partial charge in [0.2, 0.25) is 11.8 Å². The van der Waals surface area contributed by atoms with Crippen LogP contribution in [0.2, 0.25) is 0 Å². The first kappa shape index (κ1) is 15.0. The minimum atomic E-state index is -0.107. The fourth-order valence-corrected chi connectivity index (χ4v) is 2.98. The Morgan fingerprint density at radius 2 is 2.45 bits per heavy atom. The number of nitrogens with one attached hydrogen (secondary N) is 1. The number of hydrogen-bond acceptors (Lipinski definition) is 4. The number of thiophene rings is 1. The van der Waals surface area contributed by atoms with Crippen molar-refractivity contribution < 1.29 is 14.3 Å². The molecule has 6 heteroatoms. The minimum Gasteiger partial charge on any atom is -0.383 e. The fraction of sp³-hybridized carbons (Fsp3) is 0.571. The van der Waals surface area contributed by atoms with Crippen LogP contribution in [0.25, 0.3) is 0 Å². The molecule has 0 bridgehead atoms. The molecule has 1 saturated heterocycles. The molecule has 1 aliphatic heterocycles. The van der Waals surface area contributed by atoms with E-state index in [1.165, 1.54) is 0 Å². The van der Waals surface area contributed by atoms with Crippen LogP contribution < -0.4 is 5.32 Å². The molecular weight excluding hydrogens is 276 g/mol. The van der Waals surface area contributed by atoms with E-state index in [9.17, 15) is 9.59 Å². The molecule has 1 atom stereocenters. The molecule has 0 radical (unpaired) electrons. The Kier molecular flexibility index (Phi) is 5.55. The maximum Gasteiger partial charge on any atom is 0.227 e. The zero-order chi connectivity index (χ0) is 14.4. The van der Waals surface area contributed by atoms with Crippen LogP contribution >= 0.6 is 11.3 Å². The highest BCUT2D eigenvalue weighted by atomic mass is 32.1. The zero-order valence-corrected chi connectivity index (χ0v) is 12.4. The van der Waals surface area contributed by atoms with E-state index in [0.29, 0.717) is 39.1 Å². The van der Waals surface area contributed by atoms with Gasteiger partial charge in [-0.05, 0) is 17.9 Å². The van der Waals surface area contributed by atoms with Gasteiger partial charge in [-0.2, -0.15) is 0 Å². The lowest BCUT2D eigenvalue weighted by Gasteiger charge is -2.29. The third kappa shape index (κ3) is 4.05. The standard InChI is InChI=1S/C14H20N2O3S/c1-19-7-6-16(10-12-3-2-8-20-12)14(18)11-4-5-13(17)15-9-11/h2-3,8,11H,4-7,9-10H2,1H3,(H,15,17)/t11-/m1/s1. The molecule has 20 heavy (non-hydrogen) atoms. The number of amides is 2. The number of ether oxygens (including phenoxy) is 1. The molecule has 5 nitrogen and oxygen atoms in total. The van der Waals surface area contributed by atoms with Crippen LogP contribution in [0.15, 0.2) is 17.5 Å². The summed E-state index contributed by atoms with van der Waals surface area (Å²) in [4.78, 5) is 26.7. The number of rotatable bonds is 6. The Balaban J connectivity index is 1.97. The van der Waals surface area contributed by atoms with Crippen molar-refractivity contribution >= 4 is 23.2 Å². The fourth-order valence-electron chi connectivity index (χ4n) is 2.26. The normalized spacial score (nSPS) is 18.6. The second-order valence-electron chi connectivity index (χ2n) is 4.87. The molecule has 1 aromatic rings. The Labute approximate surface area is 122 Å². The lowest BCUT2D eigenvalue weighted by molar-refractivity contribution is -0.138. The first-order valence-corrected chi connectivity index (χ1v) is 7.65. The minimum absolute atomic E-state index is 0.0377. The van der Waals surface area contributed by atoms with Crippen molar-refractivity contribution in [2.45, 2.75) is 19.4 Å². The molecule has 0 saturated carbocycles. The molecule has 1 aromatic heterocycles. The van der Waals surface area contributed by atoms with E-state index in [4.69, 9.17) is 4.74 Å². The summed E-state index contributed by atoms with van der Waals surface area (Å²) < 4.78 is 5.09. The molecule has 0 aromatic carbocycles. The topological polar surface area (TPSA) is 58.6 Å². The molecule has 1 N–H and O–H groups in total. The quantitative estimate of drug-likeness (QED) is 0.859. The van der Waals surface area contributed by atoms with Crippen molar-refractivity contribution in [3.63, 3.8) is 0 Å². The van der Waals surface area contributed by atoms with E-state index in [0.717, 1.165) is 4.88 Å². The van der Waals surface area contributed by atoms with E-state index in [-0.39, 0.29) is 17.7 Å².